The number of hydrogen-bond acceptors (Lipinski definition) is 3. The van der Waals surface area contributed by atoms with Gasteiger partial charge in [-0.25, -0.2) is 4.79 Å². The van der Waals surface area contributed by atoms with Crippen molar-refractivity contribution in [1.82, 2.24) is 4.90 Å². The first-order chi connectivity index (χ1) is 6.41. The van der Waals surface area contributed by atoms with Gasteiger partial charge in [-0.15, -0.1) is 12.4 Å². The summed E-state index contributed by atoms with van der Waals surface area (Å²) >= 11 is 0. The van der Waals surface area contributed by atoms with Crippen LogP contribution in [0.5, 0.6) is 0 Å². The molecule has 92 valence electrons. The highest BCUT2D eigenvalue weighted by Crippen LogP contribution is 1.94. The molecule has 0 atom stereocenters. The number of carbonyl (C=O) groups excluding carboxylic acids is 1. The zero-order valence-electron chi connectivity index (χ0n) is 10.5. The molecule has 0 unspecified atom stereocenters. The lowest BCUT2D eigenvalue weighted by Crippen LogP contribution is -2.05. The molecule has 0 saturated heterocycles. The monoisotopic (exact) mass is 237 g/mol. The Morgan fingerprint density at radius 3 is 2.00 bits per heavy atom. The van der Waals surface area contributed by atoms with Gasteiger partial charge >= 0.3 is 5.97 Å². The molecule has 4 heteroatoms. The van der Waals surface area contributed by atoms with Crippen molar-refractivity contribution in [3.05, 3.63) is 12.2 Å². The Bertz CT molecular complexity index is 167. The van der Waals surface area contributed by atoms with Crippen molar-refractivity contribution in [2.75, 3.05) is 27.7 Å². The van der Waals surface area contributed by atoms with Crippen LogP contribution in [-0.2, 0) is 9.53 Å². The Labute approximate surface area is 99.9 Å². The first-order valence-corrected chi connectivity index (χ1v) is 4.85. The minimum absolute atomic E-state index is 0. The summed E-state index contributed by atoms with van der Waals surface area (Å²) < 4.78 is 4.81. The van der Waals surface area contributed by atoms with Crippen LogP contribution in [0.2, 0.25) is 0 Å². The van der Waals surface area contributed by atoms with E-state index in [1.807, 2.05) is 26.0 Å². The summed E-state index contributed by atoms with van der Waals surface area (Å²) in [6.07, 6.45) is 1.97. The maximum Gasteiger partial charge on any atom is 0.333 e. The van der Waals surface area contributed by atoms with E-state index < -0.39 is 0 Å². The van der Waals surface area contributed by atoms with Crippen LogP contribution in [-0.4, -0.2) is 38.6 Å². The van der Waals surface area contributed by atoms with E-state index >= 15 is 0 Å². The van der Waals surface area contributed by atoms with Crippen molar-refractivity contribution in [3.8, 4) is 0 Å². The molecule has 0 aliphatic carbocycles. The Hall–Kier alpha value is -0.540. The van der Waals surface area contributed by atoms with Gasteiger partial charge in [-0.2, -0.15) is 0 Å². The third-order valence-electron chi connectivity index (χ3n) is 1.08. The summed E-state index contributed by atoms with van der Waals surface area (Å²) in [4.78, 5) is 12.7. The molecule has 0 aliphatic rings. The van der Waals surface area contributed by atoms with Crippen molar-refractivity contribution in [1.29, 1.82) is 0 Å². The second-order valence-electron chi connectivity index (χ2n) is 3.61. The third-order valence-corrected chi connectivity index (χ3v) is 1.08. The predicted octanol–water partition coefficient (Wildman–Crippen LogP) is 2.51. The molecule has 15 heavy (non-hydrogen) atoms. The van der Waals surface area contributed by atoms with E-state index in [9.17, 15) is 4.79 Å². The molecule has 0 bridgehead atoms. The zero-order valence-corrected chi connectivity index (χ0v) is 11.3. The average Bonchev–Trinajstić information content (AvgIpc) is 2.03. The van der Waals surface area contributed by atoms with Gasteiger partial charge in [-0.1, -0.05) is 19.9 Å². The second kappa shape index (κ2) is 13.5. The minimum Gasteiger partial charge on any atom is -0.462 e. The summed E-state index contributed by atoms with van der Waals surface area (Å²) in [5.41, 5.74) is 0.469. The van der Waals surface area contributed by atoms with Crippen molar-refractivity contribution in [3.63, 3.8) is 0 Å². The van der Waals surface area contributed by atoms with E-state index in [0.29, 0.717) is 12.2 Å². The van der Waals surface area contributed by atoms with Crippen molar-refractivity contribution in [2.45, 2.75) is 26.7 Å². The standard InChI is InChI=1S/C8H14O2.C3H9N.ClH/c1-4-5-6-10-8(9)7(2)3;1-4(2)3;/h2,4-6H2,1,3H3;1-3H3;1H. The van der Waals surface area contributed by atoms with Crippen molar-refractivity contribution in [2.24, 2.45) is 0 Å². The lowest BCUT2D eigenvalue weighted by molar-refractivity contribution is -0.139. The van der Waals surface area contributed by atoms with E-state index in [1.54, 1.807) is 6.92 Å². The van der Waals surface area contributed by atoms with Gasteiger partial charge in [0.15, 0.2) is 0 Å². The highest BCUT2D eigenvalue weighted by atomic mass is 35.5. The van der Waals surface area contributed by atoms with Crippen LogP contribution < -0.4 is 0 Å². The van der Waals surface area contributed by atoms with E-state index in [4.69, 9.17) is 4.74 Å². The molecule has 0 heterocycles. The fourth-order valence-electron chi connectivity index (χ4n) is 0.432. The molecular weight excluding hydrogens is 214 g/mol. The summed E-state index contributed by atoms with van der Waals surface area (Å²) in [6.45, 7) is 7.67. The van der Waals surface area contributed by atoms with E-state index in [0.717, 1.165) is 12.8 Å². The molecule has 0 amide bonds. The van der Waals surface area contributed by atoms with Gasteiger partial charge in [0, 0.05) is 5.57 Å². The normalized spacial score (nSPS) is 8.40. The van der Waals surface area contributed by atoms with Crippen LogP contribution in [0.3, 0.4) is 0 Å². The maximum absolute atomic E-state index is 10.7. The molecule has 0 aromatic rings. The molecule has 0 radical (unpaired) electrons. The van der Waals surface area contributed by atoms with Gasteiger partial charge in [0.1, 0.15) is 0 Å². The highest BCUT2D eigenvalue weighted by Gasteiger charge is 2.00. The highest BCUT2D eigenvalue weighted by molar-refractivity contribution is 5.86. The number of carbonyl (C=O) groups is 1. The lowest BCUT2D eigenvalue weighted by atomic mass is 10.3. The fourth-order valence-corrected chi connectivity index (χ4v) is 0.432. The van der Waals surface area contributed by atoms with E-state index in [2.05, 4.69) is 13.5 Å². The Morgan fingerprint density at radius 2 is 1.73 bits per heavy atom. The fraction of sp³-hybridized carbons (Fsp3) is 0.727. The predicted molar refractivity (Wildman–Crippen MR) is 67.5 cm³/mol. The number of nitrogens with zero attached hydrogens (tertiary/aromatic N) is 1. The van der Waals surface area contributed by atoms with Gasteiger partial charge in [-0.3, -0.25) is 0 Å². The molecule has 0 spiro atoms. The Kier molecular flexibility index (Phi) is 17.9. The van der Waals surface area contributed by atoms with Gasteiger partial charge in [0.25, 0.3) is 0 Å². The van der Waals surface area contributed by atoms with Crippen LogP contribution in [0.15, 0.2) is 12.2 Å². The topological polar surface area (TPSA) is 29.5 Å². The van der Waals surface area contributed by atoms with E-state index in [-0.39, 0.29) is 18.4 Å². The van der Waals surface area contributed by atoms with Crippen LogP contribution in [0.25, 0.3) is 0 Å². The molecule has 0 saturated carbocycles. The van der Waals surface area contributed by atoms with Crippen LogP contribution in [0.1, 0.15) is 26.7 Å². The second-order valence-corrected chi connectivity index (χ2v) is 3.61. The molecule has 0 rings (SSSR count). The number of rotatable bonds is 4. The summed E-state index contributed by atoms with van der Waals surface area (Å²) in [7, 11) is 6.00. The Balaban J connectivity index is -0.000000249. The third kappa shape index (κ3) is 24.7. The van der Waals surface area contributed by atoms with Crippen LogP contribution in [0.4, 0.5) is 0 Å². The summed E-state index contributed by atoms with van der Waals surface area (Å²) in [5, 5.41) is 0. The average molecular weight is 238 g/mol. The summed E-state index contributed by atoms with van der Waals surface area (Å²) in [5.74, 6) is -0.284. The van der Waals surface area contributed by atoms with Gasteiger partial charge in [-0.05, 0) is 34.5 Å². The lowest BCUT2D eigenvalue weighted by Gasteiger charge is -2.01. The SMILES string of the molecule is C=C(C)C(=O)OCCCC.CN(C)C.Cl. The van der Waals surface area contributed by atoms with Crippen LogP contribution >= 0.6 is 12.4 Å². The molecule has 0 aliphatic heterocycles. The first kappa shape index (κ1) is 19.9. The van der Waals surface area contributed by atoms with Crippen molar-refractivity contribution < 1.29 is 9.53 Å². The largest absolute Gasteiger partial charge is 0.462 e. The molecule has 3 nitrogen and oxygen atoms in total. The quantitative estimate of drug-likeness (QED) is 0.428. The number of ether oxygens (including phenoxy) is 1. The molecule has 0 aromatic carbocycles. The van der Waals surface area contributed by atoms with E-state index in [1.165, 1.54) is 0 Å². The summed E-state index contributed by atoms with van der Waals surface area (Å²) in [6, 6.07) is 0. The van der Waals surface area contributed by atoms with Crippen LogP contribution in [0, 0.1) is 0 Å². The number of unbranched alkanes of at least 4 members (excludes halogenated alkanes) is 1. The van der Waals surface area contributed by atoms with Crippen molar-refractivity contribution >= 4 is 18.4 Å². The first-order valence-electron chi connectivity index (χ1n) is 4.85. The van der Waals surface area contributed by atoms with Gasteiger partial charge in [0.2, 0.25) is 0 Å². The molecule has 0 aromatic heterocycles. The molecular formula is C11H24ClNO2. The minimum atomic E-state index is -0.284. The zero-order chi connectivity index (χ0) is 11.6. The number of hydrogen-bond donors (Lipinski definition) is 0. The Morgan fingerprint density at radius 1 is 1.33 bits per heavy atom. The number of halogens is 1. The molecule has 0 N–H and O–H groups in total. The number of esters is 1. The smallest absolute Gasteiger partial charge is 0.333 e. The maximum atomic E-state index is 10.7. The molecule has 0 fully saturated rings. The van der Waals surface area contributed by atoms with Gasteiger partial charge < -0.3 is 9.64 Å². The van der Waals surface area contributed by atoms with Gasteiger partial charge in [0.05, 0.1) is 6.61 Å².